The third kappa shape index (κ3) is 4.88. The van der Waals surface area contributed by atoms with E-state index in [-0.39, 0.29) is 17.8 Å². The molecule has 0 radical (unpaired) electrons. The van der Waals surface area contributed by atoms with Gasteiger partial charge in [-0.3, -0.25) is 4.79 Å². The quantitative estimate of drug-likeness (QED) is 0.836. The molecular formula is C22H26FN3O2. The summed E-state index contributed by atoms with van der Waals surface area (Å²) in [6.07, 6.45) is 1.20. The molecule has 1 heterocycles. The normalized spacial score (nSPS) is 15.8. The minimum absolute atomic E-state index is 0.0319. The molecule has 0 spiro atoms. The summed E-state index contributed by atoms with van der Waals surface area (Å²) in [4.78, 5) is 26.9. The molecule has 0 aromatic heterocycles. The second-order valence-corrected chi connectivity index (χ2v) is 7.66. The lowest BCUT2D eigenvalue weighted by Crippen LogP contribution is -2.49. The third-order valence-electron chi connectivity index (χ3n) is 5.34. The van der Waals surface area contributed by atoms with Crippen LogP contribution in [0.1, 0.15) is 30.9 Å². The molecule has 0 aliphatic carbocycles. The first kappa shape index (κ1) is 19.9. The first-order valence-electron chi connectivity index (χ1n) is 9.51. The molecule has 0 unspecified atom stereocenters. The molecule has 0 atom stereocenters. The van der Waals surface area contributed by atoms with Crippen LogP contribution in [0.4, 0.5) is 14.9 Å². The maximum atomic E-state index is 13.0. The van der Waals surface area contributed by atoms with E-state index < -0.39 is 5.41 Å². The summed E-state index contributed by atoms with van der Waals surface area (Å²) in [5.41, 5.74) is 2.20. The number of carbonyl (C=O) groups excluding carboxylic acids is 2. The molecule has 6 heteroatoms. The molecule has 3 amide bonds. The van der Waals surface area contributed by atoms with Gasteiger partial charge < -0.3 is 15.5 Å². The topological polar surface area (TPSA) is 61.4 Å². The van der Waals surface area contributed by atoms with Gasteiger partial charge in [0.25, 0.3) is 0 Å². The van der Waals surface area contributed by atoms with Crippen molar-refractivity contribution >= 4 is 17.6 Å². The molecular weight excluding hydrogens is 357 g/mol. The zero-order valence-electron chi connectivity index (χ0n) is 16.3. The summed E-state index contributed by atoms with van der Waals surface area (Å²) in [5.74, 6) is -0.325. The van der Waals surface area contributed by atoms with Crippen LogP contribution < -0.4 is 10.6 Å². The number of likely N-dealkylation sites (tertiary alicyclic amines) is 1. The lowest BCUT2D eigenvalue weighted by atomic mass is 9.79. The number of hydrogen-bond acceptors (Lipinski definition) is 2. The summed E-state index contributed by atoms with van der Waals surface area (Å²) in [6, 6.07) is 13.6. The van der Waals surface area contributed by atoms with Crippen LogP contribution in [0.15, 0.2) is 48.5 Å². The molecule has 1 fully saturated rings. The Bertz CT molecular complexity index is 843. The smallest absolute Gasteiger partial charge is 0.321 e. The highest BCUT2D eigenvalue weighted by Crippen LogP contribution is 2.31. The number of amides is 3. The van der Waals surface area contributed by atoms with Crippen molar-refractivity contribution in [1.82, 2.24) is 10.2 Å². The average Bonchev–Trinajstić information content (AvgIpc) is 2.68. The lowest BCUT2D eigenvalue weighted by Gasteiger charge is -2.38. The second-order valence-electron chi connectivity index (χ2n) is 7.66. The fourth-order valence-corrected chi connectivity index (χ4v) is 3.35. The summed E-state index contributed by atoms with van der Waals surface area (Å²) in [6.45, 7) is 5.33. The Labute approximate surface area is 164 Å². The number of hydrogen-bond donors (Lipinski definition) is 2. The van der Waals surface area contributed by atoms with Gasteiger partial charge in [-0.15, -0.1) is 0 Å². The fourth-order valence-electron chi connectivity index (χ4n) is 3.35. The minimum Gasteiger partial charge on any atom is -0.352 e. The summed E-state index contributed by atoms with van der Waals surface area (Å²) in [5, 5.41) is 5.85. The predicted molar refractivity (Wildman–Crippen MR) is 107 cm³/mol. The van der Waals surface area contributed by atoms with Crippen molar-refractivity contribution < 1.29 is 14.0 Å². The molecule has 28 heavy (non-hydrogen) atoms. The molecule has 1 saturated heterocycles. The fraction of sp³-hybridized carbons (Fsp3) is 0.364. The first-order chi connectivity index (χ1) is 13.4. The predicted octanol–water partition coefficient (Wildman–Crippen LogP) is 4.08. The van der Waals surface area contributed by atoms with Gasteiger partial charge in [0.15, 0.2) is 0 Å². The van der Waals surface area contributed by atoms with E-state index in [4.69, 9.17) is 0 Å². The van der Waals surface area contributed by atoms with E-state index in [1.165, 1.54) is 12.1 Å². The van der Waals surface area contributed by atoms with Crippen molar-refractivity contribution in [3.05, 3.63) is 65.5 Å². The van der Waals surface area contributed by atoms with Gasteiger partial charge in [-0.2, -0.15) is 0 Å². The van der Waals surface area contributed by atoms with E-state index in [0.717, 1.165) is 16.8 Å². The Hall–Kier alpha value is -2.89. The zero-order chi connectivity index (χ0) is 20.1. The Balaban J connectivity index is 1.50. The number of rotatable bonds is 4. The van der Waals surface area contributed by atoms with Crippen molar-refractivity contribution in [2.75, 3.05) is 18.4 Å². The van der Waals surface area contributed by atoms with Crippen LogP contribution in [0, 0.1) is 18.2 Å². The molecule has 2 aromatic carbocycles. The van der Waals surface area contributed by atoms with Crippen molar-refractivity contribution in [2.45, 2.75) is 33.2 Å². The van der Waals surface area contributed by atoms with Gasteiger partial charge in [-0.25, -0.2) is 9.18 Å². The molecule has 1 aliphatic rings. The van der Waals surface area contributed by atoms with Crippen LogP contribution in [0.3, 0.4) is 0 Å². The van der Waals surface area contributed by atoms with Gasteiger partial charge in [0.1, 0.15) is 5.82 Å². The second kappa shape index (κ2) is 8.42. The largest absolute Gasteiger partial charge is 0.352 e. The van der Waals surface area contributed by atoms with E-state index in [0.29, 0.717) is 32.5 Å². The van der Waals surface area contributed by atoms with Gasteiger partial charge >= 0.3 is 6.03 Å². The molecule has 3 rings (SSSR count). The van der Waals surface area contributed by atoms with Crippen LogP contribution in [-0.2, 0) is 11.3 Å². The summed E-state index contributed by atoms with van der Waals surface area (Å²) < 4.78 is 13.0. The molecule has 0 saturated carbocycles. The van der Waals surface area contributed by atoms with Crippen LogP contribution in [0.5, 0.6) is 0 Å². The SMILES string of the molecule is Cc1cccc(NC(=O)N2CCC(C)(C(=O)NCc3ccc(F)cc3)CC2)c1. The van der Waals surface area contributed by atoms with Crippen molar-refractivity contribution in [2.24, 2.45) is 5.41 Å². The molecule has 5 nitrogen and oxygen atoms in total. The lowest BCUT2D eigenvalue weighted by molar-refractivity contribution is -0.132. The summed E-state index contributed by atoms with van der Waals surface area (Å²) in [7, 11) is 0. The number of carbonyl (C=O) groups is 2. The maximum Gasteiger partial charge on any atom is 0.321 e. The van der Waals surface area contributed by atoms with Crippen molar-refractivity contribution in [1.29, 1.82) is 0 Å². The Morgan fingerprint density at radius 1 is 1.11 bits per heavy atom. The zero-order valence-corrected chi connectivity index (χ0v) is 16.3. The van der Waals surface area contributed by atoms with Gasteiger partial charge in [-0.1, -0.05) is 31.2 Å². The minimum atomic E-state index is -0.514. The van der Waals surface area contributed by atoms with Gasteiger partial charge in [-0.05, 0) is 55.2 Å². The molecule has 1 aliphatic heterocycles. The number of halogens is 1. The van der Waals surface area contributed by atoms with Gasteiger partial charge in [0, 0.05) is 30.7 Å². The molecule has 2 N–H and O–H groups in total. The third-order valence-corrected chi connectivity index (χ3v) is 5.34. The Morgan fingerprint density at radius 3 is 2.43 bits per heavy atom. The van der Waals surface area contributed by atoms with Crippen LogP contribution in [-0.4, -0.2) is 29.9 Å². The highest BCUT2D eigenvalue weighted by molar-refractivity contribution is 5.90. The number of nitrogens with one attached hydrogen (secondary N) is 2. The Morgan fingerprint density at radius 2 is 1.79 bits per heavy atom. The number of urea groups is 1. The average molecular weight is 383 g/mol. The number of piperidine rings is 1. The first-order valence-corrected chi connectivity index (χ1v) is 9.51. The molecule has 148 valence electrons. The summed E-state index contributed by atoms with van der Waals surface area (Å²) >= 11 is 0. The van der Waals surface area contributed by atoms with Gasteiger partial charge in [0.05, 0.1) is 0 Å². The van der Waals surface area contributed by atoms with Crippen LogP contribution in [0.25, 0.3) is 0 Å². The van der Waals surface area contributed by atoms with Crippen LogP contribution in [0.2, 0.25) is 0 Å². The van der Waals surface area contributed by atoms with Crippen LogP contribution >= 0.6 is 0 Å². The van der Waals surface area contributed by atoms with E-state index in [1.807, 2.05) is 38.1 Å². The van der Waals surface area contributed by atoms with E-state index >= 15 is 0 Å². The monoisotopic (exact) mass is 383 g/mol. The number of benzene rings is 2. The standard InChI is InChI=1S/C22H26FN3O2/c1-16-4-3-5-19(14-16)25-21(28)26-12-10-22(2,11-13-26)20(27)24-15-17-6-8-18(23)9-7-17/h3-9,14H,10-13,15H2,1-2H3,(H,24,27)(H,25,28). The number of nitrogens with zero attached hydrogens (tertiary/aromatic N) is 1. The Kier molecular flexibility index (Phi) is 5.97. The molecule has 0 bridgehead atoms. The molecule has 2 aromatic rings. The highest BCUT2D eigenvalue weighted by atomic mass is 19.1. The number of anilines is 1. The van der Waals surface area contributed by atoms with E-state index in [9.17, 15) is 14.0 Å². The van der Waals surface area contributed by atoms with Gasteiger partial charge in [0.2, 0.25) is 5.91 Å². The van der Waals surface area contributed by atoms with Crippen molar-refractivity contribution in [3.63, 3.8) is 0 Å². The maximum absolute atomic E-state index is 13.0. The van der Waals surface area contributed by atoms with Crippen molar-refractivity contribution in [3.8, 4) is 0 Å². The number of aryl methyl sites for hydroxylation is 1. The van der Waals surface area contributed by atoms with E-state index in [2.05, 4.69) is 10.6 Å². The highest BCUT2D eigenvalue weighted by Gasteiger charge is 2.37. The van der Waals surface area contributed by atoms with E-state index in [1.54, 1.807) is 17.0 Å².